The number of nitriles is 1. The highest BCUT2D eigenvalue weighted by Crippen LogP contribution is 2.23. The zero-order valence-corrected chi connectivity index (χ0v) is 11.8. The molecule has 4 heteroatoms. The molecule has 0 bridgehead atoms. The lowest BCUT2D eigenvalue weighted by Crippen LogP contribution is -2.41. The van der Waals surface area contributed by atoms with Crippen LogP contribution in [0.5, 0.6) is 5.75 Å². The highest BCUT2D eigenvalue weighted by Gasteiger charge is 2.25. The summed E-state index contributed by atoms with van der Waals surface area (Å²) in [6.07, 6.45) is 4.59. The Kier molecular flexibility index (Phi) is 5.00. The van der Waals surface area contributed by atoms with Crippen LogP contribution in [0.4, 0.5) is 0 Å². The van der Waals surface area contributed by atoms with Crippen LogP contribution in [-0.4, -0.2) is 30.0 Å². The van der Waals surface area contributed by atoms with Gasteiger partial charge in [0, 0.05) is 12.6 Å². The molecule has 4 nitrogen and oxygen atoms in total. The fraction of sp³-hybridized carbons (Fsp3) is 0.500. The second-order valence-corrected chi connectivity index (χ2v) is 5.01. The van der Waals surface area contributed by atoms with Crippen LogP contribution in [0.1, 0.15) is 38.2 Å². The molecule has 1 aromatic carbocycles. The predicted molar refractivity (Wildman–Crippen MR) is 76.3 cm³/mol. The summed E-state index contributed by atoms with van der Waals surface area (Å²) < 4.78 is 5.52. The van der Waals surface area contributed by atoms with Gasteiger partial charge in [-0.15, -0.1) is 0 Å². The highest BCUT2D eigenvalue weighted by atomic mass is 16.5. The van der Waals surface area contributed by atoms with Crippen molar-refractivity contribution in [3.05, 3.63) is 29.8 Å². The molecule has 20 heavy (non-hydrogen) atoms. The average Bonchev–Trinajstić information content (AvgIpc) is 3.00. The fourth-order valence-electron chi connectivity index (χ4n) is 2.76. The minimum absolute atomic E-state index is 0.00301. The van der Waals surface area contributed by atoms with Crippen molar-refractivity contribution in [2.75, 3.05) is 13.2 Å². The fourth-order valence-corrected chi connectivity index (χ4v) is 2.76. The molecule has 1 aliphatic rings. The molecule has 0 aromatic heterocycles. The van der Waals surface area contributed by atoms with E-state index in [-0.39, 0.29) is 12.5 Å². The molecule has 0 unspecified atom stereocenters. The second-order valence-electron chi connectivity index (χ2n) is 5.01. The maximum atomic E-state index is 12.3. The summed E-state index contributed by atoms with van der Waals surface area (Å²) >= 11 is 0. The van der Waals surface area contributed by atoms with Gasteiger partial charge in [-0.1, -0.05) is 25.0 Å². The Bertz CT molecular complexity index is 501. The van der Waals surface area contributed by atoms with Gasteiger partial charge in [0.25, 0.3) is 5.91 Å². The first-order valence-corrected chi connectivity index (χ1v) is 7.17. The van der Waals surface area contributed by atoms with Gasteiger partial charge < -0.3 is 9.64 Å². The maximum Gasteiger partial charge on any atom is 0.260 e. The molecular formula is C16H20N2O2. The van der Waals surface area contributed by atoms with Crippen molar-refractivity contribution in [3.63, 3.8) is 0 Å². The summed E-state index contributed by atoms with van der Waals surface area (Å²) in [5, 5.41) is 8.99. The molecule has 0 saturated heterocycles. The minimum Gasteiger partial charge on any atom is -0.482 e. The van der Waals surface area contributed by atoms with E-state index in [0.29, 0.717) is 23.9 Å². The molecule has 1 aliphatic carbocycles. The van der Waals surface area contributed by atoms with Gasteiger partial charge in [-0.2, -0.15) is 5.26 Å². The molecule has 1 aromatic rings. The van der Waals surface area contributed by atoms with Crippen LogP contribution in [0.3, 0.4) is 0 Å². The van der Waals surface area contributed by atoms with E-state index >= 15 is 0 Å². The van der Waals surface area contributed by atoms with E-state index in [1.165, 1.54) is 12.8 Å². The summed E-state index contributed by atoms with van der Waals surface area (Å²) in [7, 11) is 0. The van der Waals surface area contributed by atoms with Gasteiger partial charge >= 0.3 is 0 Å². The van der Waals surface area contributed by atoms with E-state index in [2.05, 4.69) is 6.07 Å². The first kappa shape index (κ1) is 14.4. The number of hydrogen-bond donors (Lipinski definition) is 0. The lowest BCUT2D eigenvalue weighted by Gasteiger charge is -2.27. The zero-order chi connectivity index (χ0) is 14.4. The number of hydrogen-bond acceptors (Lipinski definition) is 3. The Morgan fingerprint density at radius 3 is 2.75 bits per heavy atom. The third kappa shape index (κ3) is 3.30. The smallest absolute Gasteiger partial charge is 0.260 e. The summed E-state index contributed by atoms with van der Waals surface area (Å²) in [6, 6.07) is 9.42. The number of rotatable bonds is 5. The third-order valence-corrected chi connectivity index (χ3v) is 3.79. The van der Waals surface area contributed by atoms with Crippen LogP contribution in [0, 0.1) is 11.3 Å². The van der Waals surface area contributed by atoms with E-state index in [1.54, 1.807) is 24.3 Å². The number of amides is 1. The van der Waals surface area contributed by atoms with Gasteiger partial charge in [-0.25, -0.2) is 0 Å². The van der Waals surface area contributed by atoms with Gasteiger partial charge in [0.05, 0.1) is 5.56 Å². The molecule has 0 spiro atoms. The Hall–Kier alpha value is -2.02. The summed E-state index contributed by atoms with van der Waals surface area (Å²) in [5.74, 6) is 0.484. The van der Waals surface area contributed by atoms with Crippen molar-refractivity contribution in [1.82, 2.24) is 4.90 Å². The molecule has 0 atom stereocenters. The first-order chi connectivity index (χ1) is 9.76. The zero-order valence-electron chi connectivity index (χ0n) is 11.8. The number of benzene rings is 1. The number of para-hydroxylation sites is 1. The molecule has 1 amide bonds. The van der Waals surface area contributed by atoms with Crippen LogP contribution in [0.25, 0.3) is 0 Å². The molecule has 2 rings (SSSR count). The highest BCUT2D eigenvalue weighted by molar-refractivity contribution is 5.78. The Morgan fingerprint density at radius 1 is 1.40 bits per heavy atom. The minimum atomic E-state index is 0.00301. The molecule has 0 aliphatic heterocycles. The van der Waals surface area contributed by atoms with E-state index in [4.69, 9.17) is 10.00 Å². The van der Waals surface area contributed by atoms with Gasteiger partial charge in [0.1, 0.15) is 11.8 Å². The van der Waals surface area contributed by atoms with Crippen molar-refractivity contribution >= 4 is 5.91 Å². The Labute approximate surface area is 120 Å². The van der Waals surface area contributed by atoms with Gasteiger partial charge in [-0.3, -0.25) is 4.79 Å². The molecule has 1 saturated carbocycles. The number of nitrogens with zero attached hydrogens (tertiary/aromatic N) is 2. The van der Waals surface area contributed by atoms with Crippen LogP contribution >= 0.6 is 0 Å². The van der Waals surface area contributed by atoms with E-state index < -0.39 is 0 Å². The number of ether oxygens (including phenoxy) is 1. The van der Waals surface area contributed by atoms with Crippen molar-refractivity contribution in [1.29, 1.82) is 5.26 Å². The second kappa shape index (κ2) is 6.95. The topological polar surface area (TPSA) is 53.3 Å². The summed E-state index contributed by atoms with van der Waals surface area (Å²) in [6.45, 7) is 2.72. The lowest BCUT2D eigenvalue weighted by atomic mass is 10.2. The molecule has 1 fully saturated rings. The normalized spacial score (nSPS) is 14.8. The van der Waals surface area contributed by atoms with Gasteiger partial charge in [0.15, 0.2) is 6.61 Å². The van der Waals surface area contributed by atoms with Gasteiger partial charge in [0.2, 0.25) is 0 Å². The number of carbonyl (C=O) groups excluding carboxylic acids is 1. The Balaban J connectivity index is 1.95. The van der Waals surface area contributed by atoms with E-state index in [1.807, 2.05) is 11.8 Å². The molecule has 106 valence electrons. The van der Waals surface area contributed by atoms with Crippen LogP contribution < -0.4 is 4.74 Å². The van der Waals surface area contributed by atoms with E-state index in [0.717, 1.165) is 12.8 Å². The number of carbonyl (C=O) groups is 1. The first-order valence-electron chi connectivity index (χ1n) is 7.17. The van der Waals surface area contributed by atoms with Crippen LogP contribution in [0.2, 0.25) is 0 Å². The van der Waals surface area contributed by atoms with Crippen molar-refractivity contribution < 1.29 is 9.53 Å². The van der Waals surface area contributed by atoms with Crippen LogP contribution in [0.15, 0.2) is 24.3 Å². The maximum absolute atomic E-state index is 12.3. The van der Waals surface area contributed by atoms with Gasteiger partial charge in [-0.05, 0) is 31.9 Å². The lowest BCUT2D eigenvalue weighted by molar-refractivity contribution is -0.135. The predicted octanol–water partition coefficient (Wildman–Crippen LogP) is 2.73. The third-order valence-electron chi connectivity index (χ3n) is 3.79. The molecular weight excluding hydrogens is 252 g/mol. The summed E-state index contributed by atoms with van der Waals surface area (Å²) in [5.41, 5.74) is 0.462. The summed E-state index contributed by atoms with van der Waals surface area (Å²) in [4.78, 5) is 14.2. The monoisotopic (exact) mass is 272 g/mol. The molecule has 0 N–H and O–H groups in total. The standard InChI is InChI=1S/C16H20N2O2/c1-2-18(14-8-4-5-9-14)16(19)12-20-15-10-6-3-7-13(15)11-17/h3,6-7,10,14H,2,4-5,8-9,12H2,1H3. The number of likely N-dealkylation sites (N-methyl/N-ethyl adjacent to an activating group) is 1. The van der Waals surface area contributed by atoms with Crippen LogP contribution in [-0.2, 0) is 4.79 Å². The SMILES string of the molecule is CCN(C(=O)COc1ccccc1C#N)C1CCCC1. The Morgan fingerprint density at radius 2 is 2.10 bits per heavy atom. The quantitative estimate of drug-likeness (QED) is 0.828. The molecule has 0 heterocycles. The van der Waals surface area contributed by atoms with Crippen molar-refractivity contribution in [2.24, 2.45) is 0 Å². The van der Waals surface area contributed by atoms with Crippen molar-refractivity contribution in [2.45, 2.75) is 38.6 Å². The largest absolute Gasteiger partial charge is 0.482 e. The molecule has 0 radical (unpaired) electrons. The average molecular weight is 272 g/mol. The van der Waals surface area contributed by atoms with E-state index in [9.17, 15) is 4.79 Å². The van der Waals surface area contributed by atoms with Crippen molar-refractivity contribution in [3.8, 4) is 11.8 Å².